The molecule has 10 nitrogen and oxygen atoms in total. The molecule has 0 aromatic heterocycles. The SMILES string of the molecule is COc1cccc([C@H]2O[C@H](CCC/C(N)=N/O)C(=O)N(CC(C)(C)COC(C)=O)c3ccc(Cl)cc32)c1OC. The zero-order valence-electron chi connectivity index (χ0n) is 22.9. The van der Waals surface area contributed by atoms with Gasteiger partial charge < -0.3 is 34.8 Å². The number of ether oxygens (including phenoxy) is 4. The van der Waals surface area contributed by atoms with E-state index in [9.17, 15) is 9.59 Å². The van der Waals surface area contributed by atoms with Gasteiger partial charge in [0.15, 0.2) is 11.5 Å². The van der Waals surface area contributed by atoms with Crippen molar-refractivity contribution in [3.05, 3.63) is 52.5 Å². The number of oxime groups is 1. The maximum absolute atomic E-state index is 14.1. The average Bonchev–Trinajstić information content (AvgIpc) is 3.01. The summed E-state index contributed by atoms with van der Waals surface area (Å²) in [5.41, 5.74) is 7.05. The second-order valence-corrected chi connectivity index (χ2v) is 10.6. The summed E-state index contributed by atoms with van der Waals surface area (Å²) in [6, 6.07) is 10.7. The number of benzene rings is 2. The van der Waals surface area contributed by atoms with E-state index >= 15 is 0 Å². The van der Waals surface area contributed by atoms with Crippen LogP contribution >= 0.6 is 11.6 Å². The summed E-state index contributed by atoms with van der Waals surface area (Å²) < 4.78 is 23.1. The Morgan fingerprint density at radius 2 is 1.95 bits per heavy atom. The van der Waals surface area contributed by atoms with Gasteiger partial charge in [-0.05, 0) is 37.1 Å². The number of amides is 1. The molecule has 0 fully saturated rings. The van der Waals surface area contributed by atoms with Gasteiger partial charge in [-0.2, -0.15) is 0 Å². The summed E-state index contributed by atoms with van der Waals surface area (Å²) in [5.74, 6) is 0.393. The Kier molecular flexibility index (Phi) is 10.0. The van der Waals surface area contributed by atoms with E-state index < -0.39 is 23.6 Å². The van der Waals surface area contributed by atoms with Gasteiger partial charge in [-0.25, -0.2) is 0 Å². The van der Waals surface area contributed by atoms with E-state index in [2.05, 4.69) is 5.16 Å². The number of anilines is 1. The molecule has 3 N–H and O–H groups in total. The summed E-state index contributed by atoms with van der Waals surface area (Å²) in [7, 11) is 3.09. The fourth-order valence-electron chi connectivity index (χ4n) is 4.57. The molecule has 0 spiro atoms. The van der Waals surface area contributed by atoms with Crippen molar-refractivity contribution in [2.24, 2.45) is 16.3 Å². The van der Waals surface area contributed by atoms with Crippen LogP contribution in [0, 0.1) is 5.41 Å². The van der Waals surface area contributed by atoms with Crippen LogP contribution in [-0.2, 0) is 19.1 Å². The number of nitrogens with zero attached hydrogens (tertiary/aromatic N) is 2. The maximum atomic E-state index is 14.1. The third-order valence-corrected chi connectivity index (χ3v) is 6.64. The quantitative estimate of drug-likeness (QED) is 0.133. The summed E-state index contributed by atoms with van der Waals surface area (Å²) in [5, 5.41) is 12.5. The normalized spacial score (nSPS) is 17.8. The van der Waals surface area contributed by atoms with Crippen molar-refractivity contribution in [1.82, 2.24) is 0 Å². The number of hydrogen-bond acceptors (Lipinski definition) is 8. The highest BCUT2D eigenvalue weighted by molar-refractivity contribution is 6.30. The largest absolute Gasteiger partial charge is 0.493 e. The molecule has 2 aromatic rings. The molecular formula is C28H36ClN3O7. The Balaban J connectivity index is 2.15. The number of rotatable bonds is 11. The topological polar surface area (TPSA) is 133 Å². The van der Waals surface area contributed by atoms with Gasteiger partial charge in [0.2, 0.25) is 0 Å². The fraction of sp³-hybridized carbons (Fsp3) is 0.464. The van der Waals surface area contributed by atoms with E-state index in [1.165, 1.54) is 6.92 Å². The van der Waals surface area contributed by atoms with E-state index in [-0.39, 0.29) is 31.3 Å². The molecule has 3 rings (SSSR count). The van der Waals surface area contributed by atoms with Crippen LogP contribution in [0.25, 0.3) is 0 Å². The van der Waals surface area contributed by atoms with Gasteiger partial charge in [-0.1, -0.05) is 42.7 Å². The van der Waals surface area contributed by atoms with Crippen LogP contribution in [0.4, 0.5) is 5.69 Å². The van der Waals surface area contributed by atoms with Gasteiger partial charge in [0.1, 0.15) is 18.0 Å². The lowest BCUT2D eigenvalue weighted by atomic mass is 9.92. The molecule has 212 valence electrons. The van der Waals surface area contributed by atoms with Crippen LogP contribution in [0.15, 0.2) is 41.6 Å². The number of carbonyl (C=O) groups excluding carboxylic acids is 2. The molecule has 0 unspecified atom stereocenters. The molecule has 1 amide bonds. The summed E-state index contributed by atoms with van der Waals surface area (Å²) in [4.78, 5) is 27.3. The molecule has 2 aromatic carbocycles. The number of hydrogen-bond donors (Lipinski definition) is 2. The molecule has 1 aliphatic heterocycles. The molecule has 0 aliphatic carbocycles. The van der Waals surface area contributed by atoms with Crippen LogP contribution in [0.2, 0.25) is 5.02 Å². The van der Waals surface area contributed by atoms with Gasteiger partial charge in [0, 0.05) is 47.1 Å². The first-order chi connectivity index (χ1) is 18.5. The average molecular weight is 562 g/mol. The highest BCUT2D eigenvalue weighted by Gasteiger charge is 2.40. The number of para-hydroxylation sites is 1. The highest BCUT2D eigenvalue weighted by Crippen LogP contribution is 2.45. The fourth-order valence-corrected chi connectivity index (χ4v) is 4.75. The number of esters is 1. The molecule has 1 aliphatic rings. The maximum Gasteiger partial charge on any atom is 0.302 e. The molecule has 0 saturated heterocycles. The van der Waals surface area contributed by atoms with E-state index in [0.29, 0.717) is 46.2 Å². The van der Waals surface area contributed by atoms with Crippen molar-refractivity contribution < 1.29 is 33.7 Å². The van der Waals surface area contributed by atoms with Gasteiger partial charge >= 0.3 is 5.97 Å². The van der Waals surface area contributed by atoms with Crippen LogP contribution in [0.5, 0.6) is 11.5 Å². The lowest BCUT2D eigenvalue weighted by molar-refractivity contribution is -0.143. The van der Waals surface area contributed by atoms with E-state index in [1.54, 1.807) is 43.4 Å². The molecule has 11 heteroatoms. The minimum Gasteiger partial charge on any atom is -0.493 e. The third kappa shape index (κ3) is 7.33. The number of amidine groups is 1. The Labute approximate surface area is 233 Å². The zero-order valence-corrected chi connectivity index (χ0v) is 23.7. The first-order valence-corrected chi connectivity index (χ1v) is 13.0. The molecule has 1 heterocycles. The van der Waals surface area contributed by atoms with Gasteiger partial charge in [-0.15, -0.1) is 0 Å². The van der Waals surface area contributed by atoms with Crippen molar-refractivity contribution >= 4 is 35.0 Å². The number of methoxy groups -OCH3 is 2. The van der Waals surface area contributed by atoms with Crippen LogP contribution in [0.3, 0.4) is 0 Å². The Hall–Kier alpha value is -3.50. The minimum atomic E-state index is -0.881. The molecule has 39 heavy (non-hydrogen) atoms. The first kappa shape index (κ1) is 30.0. The van der Waals surface area contributed by atoms with Crippen LogP contribution in [0.1, 0.15) is 57.3 Å². The summed E-state index contributed by atoms with van der Waals surface area (Å²) in [6.07, 6.45) is -0.583. The third-order valence-electron chi connectivity index (χ3n) is 6.40. The standard InChI is InChI=1S/C28H36ClN3O7/c1-17(33)38-16-28(2,3)15-32-21-13-12-18(29)14-20(21)25(19-8-6-9-22(36-4)26(19)37-5)39-23(27(32)34)10-7-11-24(30)31-35/h6,8-9,12-14,23,25,35H,7,10-11,15-16H2,1-5H3,(H2,30,31)/t23-,25-/m1/s1. The molecular weight excluding hydrogens is 526 g/mol. The van der Waals surface area contributed by atoms with Crippen molar-refractivity contribution in [1.29, 1.82) is 0 Å². The number of carbonyl (C=O) groups is 2. The van der Waals surface area contributed by atoms with Crippen molar-refractivity contribution in [3.8, 4) is 11.5 Å². The van der Waals surface area contributed by atoms with Gasteiger partial charge in [-0.3, -0.25) is 9.59 Å². The second-order valence-electron chi connectivity index (χ2n) is 10.1. The predicted molar refractivity (Wildman–Crippen MR) is 148 cm³/mol. The Morgan fingerprint density at radius 1 is 1.21 bits per heavy atom. The predicted octanol–water partition coefficient (Wildman–Crippen LogP) is 4.68. The summed E-state index contributed by atoms with van der Waals surface area (Å²) in [6.45, 7) is 5.55. The van der Waals surface area contributed by atoms with Crippen LogP contribution < -0.4 is 20.1 Å². The monoisotopic (exact) mass is 561 g/mol. The Bertz CT molecular complexity index is 1220. The lowest BCUT2D eigenvalue weighted by Crippen LogP contribution is -2.45. The van der Waals surface area contributed by atoms with E-state index in [0.717, 1.165) is 0 Å². The smallest absolute Gasteiger partial charge is 0.302 e. The molecule has 2 atom stereocenters. The van der Waals surface area contributed by atoms with E-state index in [4.69, 9.17) is 41.5 Å². The molecule has 0 radical (unpaired) electrons. The molecule has 0 bridgehead atoms. The second kappa shape index (κ2) is 13.0. The van der Waals surface area contributed by atoms with Gasteiger partial charge in [0.25, 0.3) is 5.91 Å². The number of nitrogens with two attached hydrogens (primary N) is 1. The first-order valence-electron chi connectivity index (χ1n) is 12.6. The lowest BCUT2D eigenvalue weighted by Gasteiger charge is -2.33. The van der Waals surface area contributed by atoms with Crippen molar-refractivity contribution in [2.45, 2.75) is 52.2 Å². The number of fused-ring (bicyclic) bond motifs is 1. The van der Waals surface area contributed by atoms with Crippen molar-refractivity contribution in [2.75, 3.05) is 32.3 Å². The van der Waals surface area contributed by atoms with Crippen LogP contribution in [-0.4, -0.2) is 56.4 Å². The minimum absolute atomic E-state index is 0.0662. The highest BCUT2D eigenvalue weighted by atomic mass is 35.5. The zero-order chi connectivity index (χ0) is 28.7. The van der Waals surface area contributed by atoms with Gasteiger partial charge in [0.05, 0.1) is 20.8 Å². The van der Waals surface area contributed by atoms with E-state index in [1.807, 2.05) is 26.0 Å². The van der Waals surface area contributed by atoms with Crippen molar-refractivity contribution in [3.63, 3.8) is 0 Å². The Morgan fingerprint density at radius 3 is 2.59 bits per heavy atom. The number of halogens is 1. The molecule has 0 saturated carbocycles. The summed E-state index contributed by atoms with van der Waals surface area (Å²) >= 11 is 6.46.